The number of rotatable bonds is 4. The minimum Gasteiger partial charge on any atom is -0.497 e. The number of carbonyl (C=O) groups excluding carboxylic acids is 1. The summed E-state index contributed by atoms with van der Waals surface area (Å²) in [6, 6.07) is 14.5. The normalized spacial score (nSPS) is 12.9. The van der Waals surface area contributed by atoms with Crippen LogP contribution < -0.4 is 10.1 Å². The van der Waals surface area contributed by atoms with E-state index in [1.165, 1.54) is 6.07 Å². The molecule has 0 spiro atoms. The van der Waals surface area contributed by atoms with Gasteiger partial charge in [0, 0.05) is 24.2 Å². The van der Waals surface area contributed by atoms with Crippen LogP contribution in [0.3, 0.4) is 0 Å². The van der Waals surface area contributed by atoms with Crippen LogP contribution in [0.1, 0.15) is 40.0 Å². The average molecular weight is 362 g/mol. The van der Waals surface area contributed by atoms with Crippen LogP contribution in [0, 0.1) is 5.95 Å². The number of pyridine rings is 1. The molecule has 1 aliphatic carbocycles. The molecule has 1 heterocycles. The maximum absolute atomic E-state index is 13.4. The summed E-state index contributed by atoms with van der Waals surface area (Å²) < 4.78 is 18.7. The third-order valence-electron chi connectivity index (χ3n) is 4.93. The van der Waals surface area contributed by atoms with Gasteiger partial charge in [0.2, 0.25) is 5.95 Å². The van der Waals surface area contributed by atoms with E-state index in [0.29, 0.717) is 12.0 Å². The number of hydrogen-bond donors (Lipinski definition) is 1. The quantitative estimate of drug-likeness (QED) is 0.551. The number of methoxy groups -OCH3 is 1. The fourth-order valence-electron chi connectivity index (χ4n) is 3.47. The number of nitrogens with one attached hydrogen (secondary N) is 1. The van der Waals surface area contributed by atoms with Crippen LogP contribution >= 0.6 is 0 Å². The van der Waals surface area contributed by atoms with Gasteiger partial charge in [0.25, 0.3) is 5.91 Å². The molecular formula is C22H19FN2O2. The van der Waals surface area contributed by atoms with Gasteiger partial charge in [-0.3, -0.25) is 4.79 Å². The van der Waals surface area contributed by atoms with Gasteiger partial charge in [-0.25, -0.2) is 4.98 Å². The van der Waals surface area contributed by atoms with E-state index in [2.05, 4.69) is 10.3 Å². The first kappa shape index (κ1) is 17.2. The Bertz CT molecular complexity index is 1030. The second-order valence-corrected chi connectivity index (χ2v) is 6.68. The molecule has 1 N–H and O–H groups in total. The topological polar surface area (TPSA) is 51.2 Å². The van der Waals surface area contributed by atoms with E-state index in [1.807, 2.05) is 43.3 Å². The van der Waals surface area contributed by atoms with E-state index in [0.717, 1.165) is 33.6 Å². The third kappa shape index (κ3) is 3.28. The van der Waals surface area contributed by atoms with E-state index in [-0.39, 0.29) is 11.9 Å². The predicted octanol–water partition coefficient (Wildman–Crippen LogP) is 4.29. The van der Waals surface area contributed by atoms with Gasteiger partial charge in [-0.05, 0) is 59.0 Å². The lowest BCUT2D eigenvalue weighted by molar-refractivity contribution is 0.0939. The summed E-state index contributed by atoms with van der Waals surface area (Å²) in [5.74, 6) is 0.119. The van der Waals surface area contributed by atoms with Crippen molar-refractivity contribution in [3.05, 3.63) is 82.9 Å². The Kier molecular flexibility index (Phi) is 4.36. The molecule has 1 aromatic heterocycles. The minimum absolute atomic E-state index is 0.145. The summed E-state index contributed by atoms with van der Waals surface area (Å²) >= 11 is 0. The first-order valence-electron chi connectivity index (χ1n) is 8.77. The van der Waals surface area contributed by atoms with Gasteiger partial charge in [-0.15, -0.1) is 0 Å². The molecule has 27 heavy (non-hydrogen) atoms. The third-order valence-corrected chi connectivity index (χ3v) is 4.93. The second-order valence-electron chi connectivity index (χ2n) is 6.68. The monoisotopic (exact) mass is 362 g/mol. The lowest BCUT2D eigenvalue weighted by Crippen LogP contribution is -2.26. The molecule has 2 aromatic carbocycles. The number of halogens is 1. The maximum atomic E-state index is 13.4. The maximum Gasteiger partial charge on any atom is 0.251 e. The van der Waals surface area contributed by atoms with Crippen molar-refractivity contribution >= 4 is 5.91 Å². The van der Waals surface area contributed by atoms with Crippen molar-refractivity contribution in [3.63, 3.8) is 0 Å². The molecule has 4 nitrogen and oxygen atoms in total. The molecule has 0 aliphatic heterocycles. The van der Waals surface area contributed by atoms with E-state index in [4.69, 9.17) is 4.74 Å². The van der Waals surface area contributed by atoms with Crippen molar-refractivity contribution < 1.29 is 13.9 Å². The molecule has 0 radical (unpaired) electrons. The van der Waals surface area contributed by atoms with Crippen LogP contribution in [0.2, 0.25) is 0 Å². The van der Waals surface area contributed by atoms with Gasteiger partial charge in [0.05, 0.1) is 13.2 Å². The molecule has 0 bridgehead atoms. The zero-order chi connectivity index (χ0) is 19.0. The number of ether oxygens (including phenoxy) is 1. The van der Waals surface area contributed by atoms with Gasteiger partial charge < -0.3 is 10.1 Å². The fraction of sp³-hybridized carbons (Fsp3) is 0.182. The van der Waals surface area contributed by atoms with Crippen LogP contribution in [0.5, 0.6) is 5.75 Å². The van der Waals surface area contributed by atoms with Gasteiger partial charge in [-0.2, -0.15) is 4.39 Å². The molecular weight excluding hydrogens is 343 g/mol. The summed E-state index contributed by atoms with van der Waals surface area (Å²) in [6.45, 7) is 1.93. The van der Waals surface area contributed by atoms with Crippen LogP contribution in [0.4, 0.5) is 4.39 Å². The van der Waals surface area contributed by atoms with Gasteiger partial charge in [0.15, 0.2) is 0 Å². The van der Waals surface area contributed by atoms with Crippen LogP contribution in [0.15, 0.2) is 54.7 Å². The van der Waals surface area contributed by atoms with Gasteiger partial charge >= 0.3 is 0 Å². The standard InChI is InChI=1S/C22H19FN2O2/c1-13(14-4-3-5-18(10-14)27-2)25-22(26)15-6-7-19-16(8-15)9-17-12-24-21(23)11-20(17)19/h3-8,10-13H,9H2,1-2H3,(H,25,26)/t13-/m1/s1. The van der Waals surface area contributed by atoms with Crippen molar-refractivity contribution in [1.82, 2.24) is 10.3 Å². The lowest BCUT2D eigenvalue weighted by Gasteiger charge is -2.15. The number of fused-ring (bicyclic) bond motifs is 3. The van der Waals surface area contributed by atoms with E-state index >= 15 is 0 Å². The van der Waals surface area contributed by atoms with Crippen molar-refractivity contribution in [2.45, 2.75) is 19.4 Å². The number of aromatic nitrogens is 1. The van der Waals surface area contributed by atoms with Gasteiger partial charge in [0.1, 0.15) is 5.75 Å². The van der Waals surface area contributed by atoms with Gasteiger partial charge in [-0.1, -0.05) is 18.2 Å². The number of nitrogens with zero attached hydrogens (tertiary/aromatic N) is 1. The van der Waals surface area contributed by atoms with Crippen molar-refractivity contribution in [2.75, 3.05) is 7.11 Å². The molecule has 3 aromatic rings. The first-order valence-corrected chi connectivity index (χ1v) is 8.77. The van der Waals surface area contributed by atoms with Crippen LogP contribution in [-0.2, 0) is 6.42 Å². The molecule has 1 atom stereocenters. The van der Waals surface area contributed by atoms with Crippen molar-refractivity contribution in [1.29, 1.82) is 0 Å². The highest BCUT2D eigenvalue weighted by Crippen LogP contribution is 2.36. The largest absolute Gasteiger partial charge is 0.497 e. The Labute approximate surface area is 157 Å². The Morgan fingerprint density at radius 3 is 2.81 bits per heavy atom. The number of carbonyl (C=O) groups is 1. The van der Waals surface area contributed by atoms with E-state index < -0.39 is 5.95 Å². The van der Waals surface area contributed by atoms with Crippen molar-refractivity contribution in [2.24, 2.45) is 0 Å². The van der Waals surface area contributed by atoms with Crippen LogP contribution in [0.25, 0.3) is 11.1 Å². The molecule has 0 saturated heterocycles. The van der Waals surface area contributed by atoms with Crippen molar-refractivity contribution in [3.8, 4) is 16.9 Å². The van der Waals surface area contributed by atoms with E-state index in [9.17, 15) is 9.18 Å². The highest BCUT2D eigenvalue weighted by atomic mass is 19.1. The molecule has 1 aliphatic rings. The molecule has 0 fully saturated rings. The SMILES string of the molecule is COc1cccc([C@@H](C)NC(=O)c2ccc3c(c2)Cc2cnc(F)cc2-3)c1. The Morgan fingerprint density at radius 2 is 2.00 bits per heavy atom. The molecule has 1 amide bonds. The highest BCUT2D eigenvalue weighted by Gasteiger charge is 2.21. The number of amides is 1. The molecule has 0 saturated carbocycles. The minimum atomic E-state index is -0.490. The Morgan fingerprint density at radius 1 is 1.15 bits per heavy atom. The molecule has 5 heteroatoms. The Balaban J connectivity index is 1.54. The number of benzene rings is 2. The first-order chi connectivity index (χ1) is 13.0. The fourth-order valence-corrected chi connectivity index (χ4v) is 3.47. The molecule has 0 unspecified atom stereocenters. The summed E-state index contributed by atoms with van der Waals surface area (Å²) in [4.78, 5) is 16.4. The second kappa shape index (κ2) is 6.83. The Hall–Kier alpha value is -3.21. The summed E-state index contributed by atoms with van der Waals surface area (Å²) in [6.07, 6.45) is 2.22. The predicted molar refractivity (Wildman–Crippen MR) is 101 cm³/mol. The lowest BCUT2D eigenvalue weighted by atomic mass is 10.0. The van der Waals surface area contributed by atoms with E-state index in [1.54, 1.807) is 19.4 Å². The zero-order valence-corrected chi connectivity index (χ0v) is 15.1. The van der Waals surface area contributed by atoms with Crippen LogP contribution in [-0.4, -0.2) is 18.0 Å². The smallest absolute Gasteiger partial charge is 0.251 e. The summed E-state index contributed by atoms with van der Waals surface area (Å²) in [5.41, 5.74) is 5.37. The zero-order valence-electron chi connectivity index (χ0n) is 15.1. The summed E-state index contributed by atoms with van der Waals surface area (Å²) in [7, 11) is 1.62. The number of hydrogen-bond acceptors (Lipinski definition) is 3. The molecule has 4 rings (SSSR count). The summed E-state index contributed by atoms with van der Waals surface area (Å²) in [5, 5.41) is 3.02. The molecule has 136 valence electrons. The highest BCUT2D eigenvalue weighted by molar-refractivity contribution is 5.96. The average Bonchev–Trinajstić information content (AvgIpc) is 3.04.